The molecule has 0 saturated heterocycles. The number of nitrogens with zero attached hydrogens (tertiary/aromatic N) is 3. The lowest BCUT2D eigenvalue weighted by Crippen LogP contribution is -2.16. The maximum atomic E-state index is 14.0. The molecule has 1 heterocycles. The summed E-state index contributed by atoms with van der Waals surface area (Å²) in [7, 11) is 0. The Bertz CT molecular complexity index is 986. The van der Waals surface area contributed by atoms with Crippen LogP contribution in [0.4, 0.5) is 15.9 Å². The number of nitrogens with one attached hydrogen (secondary N) is 1. The molecule has 0 atom stereocenters. The molecule has 134 valence electrons. The largest absolute Gasteiger partial charge is 0.382 e. The molecule has 0 unspecified atom stereocenters. The van der Waals surface area contributed by atoms with E-state index in [0.29, 0.717) is 15.7 Å². The fourth-order valence-electron chi connectivity index (χ4n) is 2.55. The van der Waals surface area contributed by atoms with E-state index >= 15 is 0 Å². The predicted molar refractivity (Wildman–Crippen MR) is 102 cm³/mol. The summed E-state index contributed by atoms with van der Waals surface area (Å²) in [5.74, 6) is -0.776. The molecule has 3 N–H and O–H groups in total. The summed E-state index contributed by atoms with van der Waals surface area (Å²) < 4.78 is 15.9. The highest BCUT2D eigenvalue weighted by Gasteiger charge is 2.19. The van der Waals surface area contributed by atoms with Gasteiger partial charge in [0.2, 0.25) is 0 Å². The summed E-state index contributed by atoms with van der Waals surface area (Å²) in [6, 6.07) is 10.4. The minimum atomic E-state index is -0.461. The van der Waals surface area contributed by atoms with Crippen LogP contribution in [-0.4, -0.2) is 20.9 Å². The van der Waals surface area contributed by atoms with E-state index in [9.17, 15) is 9.18 Å². The molecule has 26 heavy (non-hydrogen) atoms. The number of nitrogen functional groups attached to an aromatic ring is 1. The van der Waals surface area contributed by atoms with Crippen LogP contribution in [-0.2, 0) is 6.54 Å². The molecular weight excluding hydrogens is 401 g/mol. The first-order chi connectivity index (χ1) is 12.3. The highest BCUT2D eigenvalue weighted by molar-refractivity contribution is 9.10. The number of halogens is 2. The summed E-state index contributed by atoms with van der Waals surface area (Å²) in [6.45, 7) is 3.96. The number of benzene rings is 2. The van der Waals surface area contributed by atoms with Crippen molar-refractivity contribution in [3.8, 4) is 0 Å². The number of anilines is 2. The maximum Gasteiger partial charge on any atom is 0.280 e. The van der Waals surface area contributed by atoms with Crippen molar-refractivity contribution in [1.82, 2.24) is 15.0 Å². The molecular formula is C18H17BrFN5O. The van der Waals surface area contributed by atoms with Crippen LogP contribution in [0.3, 0.4) is 0 Å². The fraction of sp³-hybridized carbons (Fsp3) is 0.167. The molecule has 1 amide bonds. The van der Waals surface area contributed by atoms with E-state index in [0.717, 1.165) is 11.1 Å². The Balaban J connectivity index is 1.80. The predicted octanol–water partition coefficient (Wildman–Crippen LogP) is 3.68. The standard InChI is InChI=1S/C18H17BrFN5O/c1-10-3-6-15(11(2)7-10)22-18(26)16-17(21)25(24-23-16)9-12-4-5-13(19)8-14(12)20/h3-8H,9,21H2,1-2H3,(H,22,26). The average molecular weight is 418 g/mol. The highest BCUT2D eigenvalue weighted by Crippen LogP contribution is 2.20. The van der Waals surface area contributed by atoms with E-state index in [1.165, 1.54) is 10.7 Å². The number of amides is 1. The molecule has 8 heteroatoms. The Morgan fingerprint density at radius 3 is 2.73 bits per heavy atom. The van der Waals surface area contributed by atoms with Gasteiger partial charge in [-0.1, -0.05) is 44.9 Å². The number of carbonyl (C=O) groups excluding carboxylic acids is 1. The van der Waals surface area contributed by atoms with E-state index in [1.54, 1.807) is 12.1 Å². The zero-order chi connectivity index (χ0) is 18.8. The average Bonchev–Trinajstić information content (AvgIpc) is 2.93. The molecule has 0 radical (unpaired) electrons. The van der Waals surface area contributed by atoms with Crippen LogP contribution in [0.25, 0.3) is 0 Å². The van der Waals surface area contributed by atoms with Crippen LogP contribution in [0, 0.1) is 19.7 Å². The van der Waals surface area contributed by atoms with Crippen LogP contribution < -0.4 is 11.1 Å². The molecule has 2 aromatic carbocycles. The molecule has 0 aliphatic carbocycles. The van der Waals surface area contributed by atoms with Crippen molar-refractivity contribution in [3.05, 3.63) is 69.1 Å². The second kappa shape index (κ2) is 7.25. The van der Waals surface area contributed by atoms with Crippen LogP contribution in [0.1, 0.15) is 27.2 Å². The zero-order valence-corrected chi connectivity index (χ0v) is 15.8. The van der Waals surface area contributed by atoms with Gasteiger partial charge in [-0.25, -0.2) is 9.07 Å². The topological polar surface area (TPSA) is 85.8 Å². The summed E-state index contributed by atoms with van der Waals surface area (Å²) in [5.41, 5.74) is 9.10. The van der Waals surface area contributed by atoms with E-state index in [2.05, 4.69) is 31.6 Å². The normalized spacial score (nSPS) is 10.8. The van der Waals surface area contributed by atoms with Gasteiger partial charge < -0.3 is 11.1 Å². The number of hydrogen-bond acceptors (Lipinski definition) is 4. The smallest absolute Gasteiger partial charge is 0.280 e. The molecule has 0 bridgehead atoms. The fourth-order valence-corrected chi connectivity index (χ4v) is 2.88. The van der Waals surface area contributed by atoms with Crippen molar-refractivity contribution in [2.45, 2.75) is 20.4 Å². The number of aromatic nitrogens is 3. The summed E-state index contributed by atoms with van der Waals surface area (Å²) in [4.78, 5) is 12.5. The van der Waals surface area contributed by atoms with Gasteiger partial charge in [0.15, 0.2) is 11.5 Å². The molecule has 0 spiro atoms. The van der Waals surface area contributed by atoms with Crippen molar-refractivity contribution >= 4 is 33.3 Å². The van der Waals surface area contributed by atoms with E-state index in [-0.39, 0.29) is 18.1 Å². The molecule has 0 fully saturated rings. The number of hydrogen-bond donors (Lipinski definition) is 2. The van der Waals surface area contributed by atoms with Gasteiger partial charge in [0.1, 0.15) is 5.82 Å². The van der Waals surface area contributed by atoms with Gasteiger partial charge in [-0.3, -0.25) is 4.79 Å². The van der Waals surface area contributed by atoms with Gasteiger partial charge >= 0.3 is 0 Å². The summed E-state index contributed by atoms with van der Waals surface area (Å²) in [5, 5.41) is 10.5. The third kappa shape index (κ3) is 3.75. The highest BCUT2D eigenvalue weighted by atomic mass is 79.9. The number of nitrogens with two attached hydrogens (primary N) is 1. The van der Waals surface area contributed by atoms with Crippen molar-refractivity contribution in [2.24, 2.45) is 0 Å². The minimum Gasteiger partial charge on any atom is -0.382 e. The van der Waals surface area contributed by atoms with E-state index in [4.69, 9.17) is 5.73 Å². The van der Waals surface area contributed by atoms with Gasteiger partial charge in [0.05, 0.1) is 6.54 Å². The van der Waals surface area contributed by atoms with Gasteiger partial charge in [-0.15, -0.1) is 5.10 Å². The molecule has 1 aromatic heterocycles. The lowest BCUT2D eigenvalue weighted by atomic mass is 10.1. The molecule has 3 aromatic rings. The molecule has 3 rings (SSSR count). The Labute approximate surface area is 158 Å². The SMILES string of the molecule is Cc1ccc(NC(=O)c2nnn(Cc3ccc(Br)cc3F)c2N)c(C)c1. The van der Waals surface area contributed by atoms with Crippen LogP contribution in [0.5, 0.6) is 0 Å². The van der Waals surface area contributed by atoms with Crippen LogP contribution >= 0.6 is 15.9 Å². The molecule has 0 aliphatic heterocycles. The van der Waals surface area contributed by atoms with Gasteiger partial charge in [-0.2, -0.15) is 0 Å². The minimum absolute atomic E-state index is 0.00231. The van der Waals surface area contributed by atoms with Crippen molar-refractivity contribution < 1.29 is 9.18 Å². The van der Waals surface area contributed by atoms with Crippen molar-refractivity contribution in [2.75, 3.05) is 11.1 Å². The molecule has 0 saturated carbocycles. The van der Waals surface area contributed by atoms with Gasteiger partial charge in [0, 0.05) is 15.7 Å². The third-order valence-corrected chi connectivity index (χ3v) is 4.45. The van der Waals surface area contributed by atoms with Crippen molar-refractivity contribution in [1.29, 1.82) is 0 Å². The number of rotatable bonds is 4. The molecule has 0 aliphatic rings. The zero-order valence-electron chi connectivity index (χ0n) is 14.3. The van der Waals surface area contributed by atoms with Crippen LogP contribution in [0.15, 0.2) is 40.9 Å². The maximum absolute atomic E-state index is 14.0. The number of aryl methyl sites for hydroxylation is 2. The Kier molecular flexibility index (Phi) is 5.03. The van der Waals surface area contributed by atoms with Gasteiger partial charge in [0.25, 0.3) is 5.91 Å². The summed E-state index contributed by atoms with van der Waals surface area (Å²) >= 11 is 3.21. The number of carbonyl (C=O) groups is 1. The first-order valence-corrected chi connectivity index (χ1v) is 8.66. The van der Waals surface area contributed by atoms with E-state index < -0.39 is 11.7 Å². The second-order valence-corrected chi connectivity index (χ2v) is 6.90. The quantitative estimate of drug-likeness (QED) is 0.677. The second-order valence-electron chi connectivity index (χ2n) is 5.99. The summed E-state index contributed by atoms with van der Waals surface area (Å²) in [6.07, 6.45) is 0. The third-order valence-electron chi connectivity index (χ3n) is 3.95. The first kappa shape index (κ1) is 18.1. The monoisotopic (exact) mass is 417 g/mol. The Morgan fingerprint density at radius 1 is 1.27 bits per heavy atom. The Hall–Kier alpha value is -2.74. The van der Waals surface area contributed by atoms with Crippen LogP contribution in [0.2, 0.25) is 0 Å². The first-order valence-electron chi connectivity index (χ1n) is 7.86. The van der Waals surface area contributed by atoms with Gasteiger partial charge in [-0.05, 0) is 37.6 Å². The lowest BCUT2D eigenvalue weighted by molar-refractivity contribution is 0.102. The van der Waals surface area contributed by atoms with Crippen molar-refractivity contribution in [3.63, 3.8) is 0 Å². The lowest BCUT2D eigenvalue weighted by Gasteiger charge is -2.08. The van der Waals surface area contributed by atoms with E-state index in [1.807, 2.05) is 32.0 Å². The molecule has 6 nitrogen and oxygen atoms in total. The Morgan fingerprint density at radius 2 is 2.04 bits per heavy atom.